The van der Waals surface area contributed by atoms with Crippen LogP contribution in [0, 0.1) is 5.82 Å². The highest BCUT2D eigenvalue weighted by molar-refractivity contribution is 5.99. The zero-order valence-corrected chi connectivity index (χ0v) is 18.0. The zero-order valence-electron chi connectivity index (χ0n) is 18.0. The van der Waals surface area contributed by atoms with Crippen molar-refractivity contribution >= 4 is 17.6 Å². The van der Waals surface area contributed by atoms with Gasteiger partial charge >= 0.3 is 5.76 Å². The van der Waals surface area contributed by atoms with Gasteiger partial charge in [0.05, 0.1) is 17.5 Å². The number of piperidine rings is 1. The number of hydrogen-bond acceptors (Lipinski definition) is 7. The van der Waals surface area contributed by atoms with Crippen LogP contribution < -0.4 is 21.5 Å². The van der Waals surface area contributed by atoms with Gasteiger partial charge in [-0.05, 0) is 38.5 Å². The van der Waals surface area contributed by atoms with E-state index in [-0.39, 0.29) is 35.6 Å². The molecule has 3 N–H and O–H groups in total. The molecule has 2 aliphatic heterocycles. The van der Waals surface area contributed by atoms with Crippen LogP contribution in [0.1, 0.15) is 38.3 Å². The number of hydrogen-bond donors (Lipinski definition) is 2. The minimum Gasteiger partial charge on any atom is -0.483 e. The maximum atomic E-state index is 15.1. The number of nitrogens with one attached hydrogen (secondary N) is 1. The Labute approximate surface area is 187 Å². The van der Waals surface area contributed by atoms with Crippen LogP contribution in [0.4, 0.5) is 10.2 Å². The minimum atomic E-state index is -0.889. The van der Waals surface area contributed by atoms with Crippen LogP contribution in [0.2, 0.25) is 0 Å². The number of halogens is 1. The standard InChI is InChI=1S/C23H21FN4O5/c1-23(2)9-12-8-15(26-20(25)19(12)33-23)11-3-4-13(14(24)7-11)17-10-28(22(31)32-17)16-5-6-18(29)27-21(16)30/h3-4,7-8,10,16H,5-6,9H2,1-2H3,(H2,25,26)(H,27,29,30). The zero-order chi connectivity index (χ0) is 23.5. The van der Waals surface area contributed by atoms with Gasteiger partial charge in [0, 0.05) is 24.0 Å². The average Bonchev–Trinajstić information content (AvgIpc) is 3.26. The number of carbonyl (C=O) groups excluding carboxylic acids is 2. The van der Waals surface area contributed by atoms with E-state index < -0.39 is 29.4 Å². The number of nitrogens with zero attached hydrogens (tertiary/aromatic N) is 2. The number of imide groups is 1. The number of ether oxygens (including phenoxy) is 1. The van der Waals surface area contributed by atoms with Crippen LogP contribution in [-0.2, 0) is 16.0 Å². The van der Waals surface area contributed by atoms with Gasteiger partial charge in [-0.15, -0.1) is 0 Å². The minimum absolute atomic E-state index is 0.0228. The van der Waals surface area contributed by atoms with E-state index in [0.29, 0.717) is 23.4 Å². The molecule has 0 spiro atoms. The number of amides is 2. The second-order valence-electron chi connectivity index (χ2n) is 8.85. The summed E-state index contributed by atoms with van der Waals surface area (Å²) in [6, 6.07) is 5.35. The number of aromatic nitrogens is 2. The van der Waals surface area contributed by atoms with Crippen LogP contribution >= 0.6 is 0 Å². The van der Waals surface area contributed by atoms with E-state index in [4.69, 9.17) is 14.9 Å². The van der Waals surface area contributed by atoms with Gasteiger partial charge < -0.3 is 14.9 Å². The molecule has 9 nitrogen and oxygen atoms in total. The molecule has 0 saturated carbocycles. The number of nitrogens with two attached hydrogens (primary N) is 1. The summed E-state index contributed by atoms with van der Waals surface area (Å²) < 4.78 is 27.2. The first-order valence-electron chi connectivity index (χ1n) is 10.5. The Hall–Kier alpha value is -3.95. The van der Waals surface area contributed by atoms with Gasteiger partial charge in [0.15, 0.2) is 17.3 Å². The van der Waals surface area contributed by atoms with Crippen LogP contribution in [0.15, 0.2) is 39.7 Å². The molecule has 1 saturated heterocycles. The summed E-state index contributed by atoms with van der Waals surface area (Å²) in [6.07, 6.45) is 2.20. The van der Waals surface area contributed by atoms with Crippen molar-refractivity contribution in [2.75, 3.05) is 5.73 Å². The van der Waals surface area contributed by atoms with Crippen molar-refractivity contribution in [1.82, 2.24) is 14.9 Å². The lowest BCUT2D eigenvalue weighted by Crippen LogP contribution is -2.43. The maximum Gasteiger partial charge on any atom is 0.420 e. The van der Waals surface area contributed by atoms with E-state index in [9.17, 15) is 14.4 Å². The van der Waals surface area contributed by atoms with Crippen molar-refractivity contribution in [3.63, 3.8) is 0 Å². The second kappa shape index (κ2) is 7.29. The third kappa shape index (κ3) is 3.67. The van der Waals surface area contributed by atoms with Crippen molar-refractivity contribution in [1.29, 1.82) is 0 Å². The largest absolute Gasteiger partial charge is 0.483 e. The number of fused-ring (bicyclic) bond motifs is 1. The van der Waals surface area contributed by atoms with Gasteiger partial charge in [-0.2, -0.15) is 0 Å². The Morgan fingerprint density at radius 3 is 2.76 bits per heavy atom. The number of oxazole rings is 1. The quantitative estimate of drug-likeness (QED) is 0.584. The number of benzene rings is 1. The summed E-state index contributed by atoms with van der Waals surface area (Å²) in [5.74, 6) is -1.66. The molecule has 5 rings (SSSR count). The molecule has 4 heterocycles. The van der Waals surface area contributed by atoms with E-state index in [0.717, 1.165) is 10.1 Å². The van der Waals surface area contributed by atoms with Crippen LogP contribution in [-0.4, -0.2) is 27.0 Å². The van der Waals surface area contributed by atoms with Gasteiger partial charge in [-0.1, -0.05) is 6.07 Å². The molecule has 2 amide bonds. The first-order valence-corrected chi connectivity index (χ1v) is 10.5. The Balaban J connectivity index is 1.47. The van der Waals surface area contributed by atoms with Crippen molar-refractivity contribution < 1.29 is 23.1 Å². The van der Waals surface area contributed by atoms with Crippen LogP contribution in [0.3, 0.4) is 0 Å². The molecular formula is C23H21FN4O5. The predicted molar refractivity (Wildman–Crippen MR) is 116 cm³/mol. The van der Waals surface area contributed by atoms with Crippen LogP contribution in [0.5, 0.6) is 5.75 Å². The van der Waals surface area contributed by atoms with Crippen molar-refractivity contribution in [3.05, 3.63) is 52.4 Å². The first kappa shape index (κ1) is 20.9. The number of rotatable bonds is 3. The fraction of sp³-hybridized carbons (Fsp3) is 0.304. The number of pyridine rings is 1. The summed E-state index contributed by atoms with van der Waals surface area (Å²) in [5, 5.41) is 2.19. The van der Waals surface area contributed by atoms with Gasteiger partial charge in [0.1, 0.15) is 17.5 Å². The van der Waals surface area contributed by atoms with E-state index in [1.165, 1.54) is 18.3 Å². The topological polar surface area (TPSA) is 129 Å². The molecule has 1 atom stereocenters. The molecule has 1 aromatic carbocycles. The third-order valence-corrected chi connectivity index (χ3v) is 5.81. The summed E-state index contributed by atoms with van der Waals surface area (Å²) in [5.41, 5.74) is 7.64. The van der Waals surface area contributed by atoms with Gasteiger partial charge in [-0.3, -0.25) is 19.5 Å². The summed E-state index contributed by atoms with van der Waals surface area (Å²) in [4.78, 5) is 40.1. The van der Waals surface area contributed by atoms with Gasteiger partial charge in [0.25, 0.3) is 0 Å². The van der Waals surface area contributed by atoms with E-state index >= 15 is 4.39 Å². The molecule has 2 aromatic heterocycles. The molecule has 10 heteroatoms. The Morgan fingerprint density at radius 1 is 1.24 bits per heavy atom. The summed E-state index contributed by atoms with van der Waals surface area (Å²) in [6.45, 7) is 3.91. The van der Waals surface area contributed by atoms with E-state index in [2.05, 4.69) is 10.3 Å². The lowest BCUT2D eigenvalue weighted by molar-refractivity contribution is -0.135. The molecule has 0 aliphatic carbocycles. The third-order valence-electron chi connectivity index (χ3n) is 5.81. The highest BCUT2D eigenvalue weighted by Crippen LogP contribution is 2.40. The first-order chi connectivity index (χ1) is 15.6. The lowest BCUT2D eigenvalue weighted by Gasteiger charge is -2.20. The summed E-state index contributed by atoms with van der Waals surface area (Å²) in [7, 11) is 0. The normalized spacial score (nSPS) is 19.2. The lowest BCUT2D eigenvalue weighted by atomic mass is 9.99. The Morgan fingerprint density at radius 2 is 2.03 bits per heavy atom. The predicted octanol–water partition coefficient (Wildman–Crippen LogP) is 2.58. The molecule has 170 valence electrons. The fourth-order valence-corrected chi connectivity index (χ4v) is 4.29. The molecule has 0 bridgehead atoms. The number of anilines is 1. The molecule has 3 aromatic rings. The highest BCUT2D eigenvalue weighted by atomic mass is 19.1. The molecule has 2 aliphatic rings. The number of carbonyl (C=O) groups is 2. The van der Waals surface area contributed by atoms with Crippen LogP contribution in [0.25, 0.3) is 22.6 Å². The molecule has 33 heavy (non-hydrogen) atoms. The van der Waals surface area contributed by atoms with E-state index in [1.54, 1.807) is 6.07 Å². The SMILES string of the molecule is CC1(C)Cc2cc(-c3ccc(-c4cn(C5CCC(=O)NC5=O)c(=O)o4)c(F)c3)nc(N)c2O1. The maximum absolute atomic E-state index is 15.1. The second-order valence-corrected chi connectivity index (χ2v) is 8.85. The fourth-order valence-electron chi connectivity index (χ4n) is 4.29. The smallest absolute Gasteiger partial charge is 0.420 e. The Bertz CT molecular complexity index is 1370. The molecule has 1 fully saturated rings. The Kier molecular flexibility index (Phi) is 4.62. The van der Waals surface area contributed by atoms with Crippen molar-refractivity contribution in [3.8, 4) is 28.3 Å². The van der Waals surface area contributed by atoms with E-state index in [1.807, 2.05) is 19.9 Å². The molecule has 0 radical (unpaired) electrons. The van der Waals surface area contributed by atoms with Crippen molar-refractivity contribution in [2.24, 2.45) is 0 Å². The summed E-state index contributed by atoms with van der Waals surface area (Å²) >= 11 is 0. The average molecular weight is 452 g/mol. The van der Waals surface area contributed by atoms with Crippen molar-refractivity contribution in [2.45, 2.75) is 44.8 Å². The van der Waals surface area contributed by atoms with Gasteiger partial charge in [-0.25, -0.2) is 14.2 Å². The number of nitrogen functional groups attached to an aromatic ring is 1. The molecule has 1 unspecified atom stereocenters. The van der Waals surface area contributed by atoms with Gasteiger partial charge in [0.2, 0.25) is 11.8 Å². The highest BCUT2D eigenvalue weighted by Gasteiger charge is 2.33. The molecular weight excluding hydrogens is 431 g/mol. The monoisotopic (exact) mass is 452 g/mol.